The standard InChI is InChI=1S/C15H16BrClN2/c1-19(2)15-8-7-12(16)9-14(15)18-10-11-5-3-4-6-13(11)17/h3-9,18H,10H2,1-2H3. The van der Waals surface area contributed by atoms with Crippen LogP contribution in [0.15, 0.2) is 46.9 Å². The number of anilines is 2. The van der Waals surface area contributed by atoms with Crippen molar-refractivity contribution in [2.75, 3.05) is 24.3 Å². The van der Waals surface area contributed by atoms with Crippen molar-refractivity contribution in [3.63, 3.8) is 0 Å². The SMILES string of the molecule is CN(C)c1ccc(Br)cc1NCc1ccccc1Cl. The lowest BCUT2D eigenvalue weighted by atomic mass is 10.2. The zero-order valence-corrected chi connectivity index (χ0v) is 13.3. The van der Waals surface area contributed by atoms with Gasteiger partial charge in [-0.3, -0.25) is 0 Å². The first-order chi connectivity index (χ1) is 9.08. The maximum absolute atomic E-state index is 6.16. The molecular weight excluding hydrogens is 324 g/mol. The minimum atomic E-state index is 0.705. The molecule has 0 aliphatic heterocycles. The van der Waals surface area contributed by atoms with Crippen LogP contribution in [0.1, 0.15) is 5.56 Å². The number of hydrogen-bond donors (Lipinski definition) is 1. The number of nitrogens with one attached hydrogen (secondary N) is 1. The van der Waals surface area contributed by atoms with Crippen LogP contribution in [0.5, 0.6) is 0 Å². The predicted molar refractivity (Wildman–Crippen MR) is 87.2 cm³/mol. The van der Waals surface area contributed by atoms with E-state index < -0.39 is 0 Å². The molecule has 2 nitrogen and oxygen atoms in total. The highest BCUT2D eigenvalue weighted by atomic mass is 79.9. The van der Waals surface area contributed by atoms with Gasteiger partial charge in [0, 0.05) is 30.1 Å². The molecular formula is C15H16BrClN2. The van der Waals surface area contributed by atoms with E-state index >= 15 is 0 Å². The first-order valence-corrected chi connectivity index (χ1v) is 7.19. The fraction of sp³-hybridized carbons (Fsp3) is 0.200. The van der Waals surface area contributed by atoms with Crippen LogP contribution in [0.2, 0.25) is 5.02 Å². The van der Waals surface area contributed by atoms with Gasteiger partial charge in [0.25, 0.3) is 0 Å². The Morgan fingerprint density at radius 3 is 2.58 bits per heavy atom. The van der Waals surface area contributed by atoms with Gasteiger partial charge in [-0.25, -0.2) is 0 Å². The van der Waals surface area contributed by atoms with Crippen molar-refractivity contribution >= 4 is 38.9 Å². The molecule has 4 heteroatoms. The number of hydrogen-bond acceptors (Lipinski definition) is 2. The fourth-order valence-corrected chi connectivity index (χ4v) is 2.44. The summed E-state index contributed by atoms with van der Waals surface area (Å²) in [7, 11) is 4.06. The lowest BCUT2D eigenvalue weighted by Gasteiger charge is -2.19. The van der Waals surface area contributed by atoms with E-state index in [-0.39, 0.29) is 0 Å². The van der Waals surface area contributed by atoms with Gasteiger partial charge in [-0.1, -0.05) is 45.7 Å². The van der Waals surface area contributed by atoms with Gasteiger partial charge in [-0.05, 0) is 29.8 Å². The topological polar surface area (TPSA) is 15.3 Å². The van der Waals surface area contributed by atoms with Crippen LogP contribution in [0.4, 0.5) is 11.4 Å². The Hall–Kier alpha value is -1.19. The lowest BCUT2D eigenvalue weighted by molar-refractivity contribution is 1.10. The van der Waals surface area contributed by atoms with E-state index in [2.05, 4.69) is 38.3 Å². The number of benzene rings is 2. The summed E-state index contributed by atoms with van der Waals surface area (Å²) in [6.07, 6.45) is 0. The molecule has 2 aromatic rings. The molecule has 0 saturated carbocycles. The van der Waals surface area contributed by atoms with Crippen molar-refractivity contribution < 1.29 is 0 Å². The Labute approximate surface area is 127 Å². The molecule has 0 aliphatic rings. The first kappa shape index (κ1) is 14.2. The predicted octanol–water partition coefficient (Wildman–Crippen LogP) is 4.78. The summed E-state index contributed by atoms with van der Waals surface area (Å²) in [5.74, 6) is 0. The van der Waals surface area contributed by atoms with Gasteiger partial charge in [0.15, 0.2) is 0 Å². The van der Waals surface area contributed by atoms with Crippen molar-refractivity contribution in [2.24, 2.45) is 0 Å². The molecule has 0 bridgehead atoms. The maximum atomic E-state index is 6.16. The van der Waals surface area contributed by atoms with Gasteiger partial charge in [-0.2, -0.15) is 0 Å². The summed E-state index contributed by atoms with van der Waals surface area (Å²) in [5.41, 5.74) is 3.32. The van der Waals surface area contributed by atoms with Crippen molar-refractivity contribution in [1.29, 1.82) is 0 Å². The van der Waals surface area contributed by atoms with E-state index in [1.54, 1.807) is 0 Å². The third-order valence-corrected chi connectivity index (χ3v) is 3.73. The Bertz CT molecular complexity index is 570. The summed E-state index contributed by atoms with van der Waals surface area (Å²) in [6.45, 7) is 0.705. The summed E-state index contributed by atoms with van der Waals surface area (Å²) in [5, 5.41) is 4.22. The maximum Gasteiger partial charge on any atom is 0.0597 e. The van der Waals surface area contributed by atoms with Gasteiger partial charge < -0.3 is 10.2 Å². The first-order valence-electron chi connectivity index (χ1n) is 6.02. The van der Waals surface area contributed by atoms with Gasteiger partial charge in [-0.15, -0.1) is 0 Å². The highest BCUT2D eigenvalue weighted by Crippen LogP contribution is 2.29. The Kier molecular flexibility index (Phi) is 4.72. The quantitative estimate of drug-likeness (QED) is 0.862. The largest absolute Gasteiger partial charge is 0.379 e. The molecule has 0 fully saturated rings. The number of nitrogens with zero attached hydrogens (tertiary/aromatic N) is 1. The van der Waals surface area contributed by atoms with Crippen molar-refractivity contribution in [1.82, 2.24) is 0 Å². The van der Waals surface area contributed by atoms with Crippen LogP contribution in [-0.4, -0.2) is 14.1 Å². The second-order valence-electron chi connectivity index (χ2n) is 4.50. The normalized spacial score (nSPS) is 10.3. The molecule has 19 heavy (non-hydrogen) atoms. The molecule has 0 spiro atoms. The Balaban J connectivity index is 2.19. The number of halogens is 2. The molecule has 2 aromatic carbocycles. The van der Waals surface area contributed by atoms with E-state index in [1.165, 1.54) is 0 Å². The average Bonchev–Trinajstić information content (AvgIpc) is 2.37. The van der Waals surface area contributed by atoms with Crippen molar-refractivity contribution in [3.8, 4) is 0 Å². The summed E-state index contributed by atoms with van der Waals surface area (Å²) < 4.78 is 1.06. The zero-order valence-electron chi connectivity index (χ0n) is 11.0. The van der Waals surface area contributed by atoms with Gasteiger partial charge in [0.05, 0.1) is 11.4 Å². The lowest BCUT2D eigenvalue weighted by Crippen LogP contribution is -2.12. The van der Waals surface area contributed by atoms with E-state index in [1.807, 2.05) is 44.4 Å². The summed E-state index contributed by atoms with van der Waals surface area (Å²) in [6, 6.07) is 14.1. The zero-order chi connectivity index (χ0) is 13.8. The second kappa shape index (κ2) is 6.31. The molecule has 0 saturated heterocycles. The van der Waals surface area contributed by atoms with Gasteiger partial charge in [0.2, 0.25) is 0 Å². The minimum Gasteiger partial charge on any atom is -0.379 e. The molecule has 1 N–H and O–H groups in total. The molecule has 2 rings (SSSR count). The van der Waals surface area contributed by atoms with E-state index in [0.29, 0.717) is 6.54 Å². The van der Waals surface area contributed by atoms with Crippen LogP contribution in [0.3, 0.4) is 0 Å². The second-order valence-corrected chi connectivity index (χ2v) is 5.82. The van der Waals surface area contributed by atoms with Crippen LogP contribution in [0.25, 0.3) is 0 Å². The fourth-order valence-electron chi connectivity index (χ4n) is 1.87. The third kappa shape index (κ3) is 3.64. The Morgan fingerprint density at radius 1 is 1.16 bits per heavy atom. The van der Waals surface area contributed by atoms with E-state index in [0.717, 1.165) is 26.4 Å². The monoisotopic (exact) mass is 338 g/mol. The molecule has 0 aromatic heterocycles. The average molecular weight is 340 g/mol. The molecule has 100 valence electrons. The van der Waals surface area contributed by atoms with Crippen LogP contribution >= 0.6 is 27.5 Å². The van der Waals surface area contributed by atoms with Gasteiger partial charge in [0.1, 0.15) is 0 Å². The van der Waals surface area contributed by atoms with Crippen LogP contribution in [-0.2, 0) is 6.54 Å². The summed E-state index contributed by atoms with van der Waals surface area (Å²) in [4.78, 5) is 2.08. The number of rotatable bonds is 4. The molecule has 0 heterocycles. The molecule has 0 aliphatic carbocycles. The van der Waals surface area contributed by atoms with Crippen LogP contribution < -0.4 is 10.2 Å². The van der Waals surface area contributed by atoms with Crippen molar-refractivity contribution in [3.05, 3.63) is 57.5 Å². The van der Waals surface area contributed by atoms with Crippen molar-refractivity contribution in [2.45, 2.75) is 6.54 Å². The molecule has 0 atom stereocenters. The smallest absolute Gasteiger partial charge is 0.0597 e. The van der Waals surface area contributed by atoms with E-state index in [4.69, 9.17) is 11.6 Å². The molecule has 0 unspecified atom stereocenters. The van der Waals surface area contributed by atoms with E-state index in [9.17, 15) is 0 Å². The minimum absolute atomic E-state index is 0.705. The highest BCUT2D eigenvalue weighted by Gasteiger charge is 2.06. The Morgan fingerprint density at radius 2 is 1.89 bits per heavy atom. The molecule has 0 radical (unpaired) electrons. The summed E-state index contributed by atoms with van der Waals surface area (Å²) >= 11 is 9.67. The third-order valence-electron chi connectivity index (χ3n) is 2.87. The van der Waals surface area contributed by atoms with Gasteiger partial charge >= 0.3 is 0 Å². The highest BCUT2D eigenvalue weighted by molar-refractivity contribution is 9.10. The molecule has 0 amide bonds. The van der Waals surface area contributed by atoms with Crippen LogP contribution in [0, 0.1) is 0 Å².